The van der Waals surface area contributed by atoms with Crippen LogP contribution in [0.2, 0.25) is 0 Å². The van der Waals surface area contributed by atoms with Crippen LogP contribution in [-0.2, 0) is 11.2 Å². The molecule has 1 saturated heterocycles. The third-order valence-electron chi connectivity index (χ3n) is 8.97. The van der Waals surface area contributed by atoms with Gasteiger partial charge in [-0.05, 0) is 50.4 Å². The molecule has 9 heteroatoms. The van der Waals surface area contributed by atoms with Crippen molar-refractivity contribution in [3.05, 3.63) is 78.4 Å². The van der Waals surface area contributed by atoms with Gasteiger partial charge < -0.3 is 20.3 Å². The number of fused-ring (bicyclic) bond motifs is 1. The monoisotopic (exact) mass is 550 g/mol. The molecule has 41 heavy (non-hydrogen) atoms. The van der Waals surface area contributed by atoms with E-state index >= 15 is 0 Å². The van der Waals surface area contributed by atoms with E-state index in [0.29, 0.717) is 24.6 Å². The molecule has 1 saturated carbocycles. The van der Waals surface area contributed by atoms with Crippen molar-refractivity contribution < 1.29 is 4.74 Å². The fourth-order valence-electron chi connectivity index (χ4n) is 6.56. The SMILES string of the molecule is CN1CCN(C2CCC(n3nc(-c4ccc(N5C=C(Cc6ccccc6)OC5)cc4)c4c(N)ncnc43)CC2)CC1. The van der Waals surface area contributed by atoms with Gasteiger partial charge in [0, 0.05) is 56.1 Å². The normalized spacial score (nSPS) is 22.2. The van der Waals surface area contributed by atoms with Crippen LogP contribution in [0.1, 0.15) is 37.3 Å². The molecule has 0 radical (unpaired) electrons. The summed E-state index contributed by atoms with van der Waals surface area (Å²) in [6.07, 6.45) is 9.03. The second kappa shape index (κ2) is 11.1. The Bertz CT molecular complexity index is 1520. The van der Waals surface area contributed by atoms with Crippen molar-refractivity contribution >= 4 is 22.5 Å². The smallest absolute Gasteiger partial charge is 0.164 e. The zero-order chi connectivity index (χ0) is 27.8. The van der Waals surface area contributed by atoms with Crippen LogP contribution in [0.3, 0.4) is 0 Å². The lowest BCUT2D eigenvalue weighted by Gasteiger charge is -2.41. The summed E-state index contributed by atoms with van der Waals surface area (Å²) in [5.74, 6) is 1.45. The molecule has 2 fully saturated rings. The molecule has 2 aromatic carbocycles. The molecule has 212 valence electrons. The Balaban J connectivity index is 1.09. The molecule has 2 aliphatic heterocycles. The molecule has 9 nitrogen and oxygen atoms in total. The molecular formula is C32H38N8O. The van der Waals surface area contributed by atoms with E-state index in [1.54, 1.807) is 6.33 Å². The molecule has 0 bridgehead atoms. The first-order valence-corrected chi connectivity index (χ1v) is 14.8. The minimum atomic E-state index is 0.318. The Kier molecular flexibility index (Phi) is 7.06. The van der Waals surface area contributed by atoms with E-state index in [1.807, 2.05) is 6.07 Å². The van der Waals surface area contributed by atoms with Gasteiger partial charge in [-0.1, -0.05) is 42.5 Å². The van der Waals surface area contributed by atoms with Crippen LogP contribution in [0, 0.1) is 0 Å². The van der Waals surface area contributed by atoms with Crippen molar-refractivity contribution in [1.29, 1.82) is 0 Å². The minimum absolute atomic E-state index is 0.318. The Morgan fingerprint density at radius 3 is 2.37 bits per heavy atom. The summed E-state index contributed by atoms with van der Waals surface area (Å²) >= 11 is 0. The number of nitrogen functional groups attached to an aromatic ring is 1. The summed E-state index contributed by atoms with van der Waals surface area (Å²) in [5.41, 5.74) is 11.4. The number of hydrogen-bond donors (Lipinski definition) is 1. The van der Waals surface area contributed by atoms with Crippen molar-refractivity contribution in [3.8, 4) is 11.3 Å². The maximum absolute atomic E-state index is 6.43. The lowest BCUT2D eigenvalue weighted by Crippen LogP contribution is -2.49. The third-order valence-corrected chi connectivity index (χ3v) is 8.97. The number of aromatic nitrogens is 4. The molecule has 3 aliphatic rings. The standard InChI is InChI=1S/C32H38N8O/c1-37-15-17-38(18-16-37)25-11-13-27(14-12-25)40-32-29(31(33)34-21-35-32)30(36-40)24-7-9-26(10-8-24)39-20-28(41-22-39)19-23-5-3-2-4-6-23/h2-10,20-21,25,27H,11-19,22H2,1H3,(H2,33,34,35). The second-order valence-corrected chi connectivity index (χ2v) is 11.6. The summed E-state index contributed by atoms with van der Waals surface area (Å²) in [5, 5.41) is 5.98. The van der Waals surface area contributed by atoms with Crippen LogP contribution in [-0.4, -0.2) is 75.5 Å². The van der Waals surface area contributed by atoms with Crippen LogP contribution in [0.25, 0.3) is 22.3 Å². The molecule has 0 unspecified atom stereocenters. The number of piperazine rings is 1. The first-order chi connectivity index (χ1) is 20.1. The lowest BCUT2D eigenvalue weighted by atomic mass is 9.90. The number of benzene rings is 2. The maximum atomic E-state index is 6.43. The first kappa shape index (κ1) is 26.0. The molecule has 2 aromatic heterocycles. The molecule has 0 spiro atoms. The molecule has 4 heterocycles. The number of hydrogen-bond acceptors (Lipinski definition) is 8. The van der Waals surface area contributed by atoms with E-state index in [0.717, 1.165) is 66.1 Å². The average molecular weight is 551 g/mol. The van der Waals surface area contributed by atoms with Gasteiger partial charge >= 0.3 is 0 Å². The largest absolute Gasteiger partial charge is 0.475 e. The number of rotatable bonds is 6. The topological polar surface area (TPSA) is 88.6 Å². The van der Waals surface area contributed by atoms with E-state index in [1.165, 1.54) is 31.5 Å². The highest BCUT2D eigenvalue weighted by Crippen LogP contribution is 2.37. The van der Waals surface area contributed by atoms with Gasteiger partial charge in [0.05, 0.1) is 11.4 Å². The summed E-state index contributed by atoms with van der Waals surface area (Å²) in [6, 6.07) is 19.9. The zero-order valence-corrected chi connectivity index (χ0v) is 23.7. The molecule has 0 amide bonds. The van der Waals surface area contributed by atoms with E-state index in [2.05, 4.69) is 91.1 Å². The van der Waals surface area contributed by atoms with Gasteiger partial charge in [0.1, 0.15) is 23.6 Å². The van der Waals surface area contributed by atoms with Crippen LogP contribution in [0.5, 0.6) is 0 Å². The maximum Gasteiger partial charge on any atom is 0.164 e. The molecule has 4 aromatic rings. The fraction of sp³-hybridized carbons (Fsp3) is 0.406. The number of nitrogens with two attached hydrogens (primary N) is 1. The van der Waals surface area contributed by atoms with Gasteiger partial charge in [0.2, 0.25) is 0 Å². The number of nitrogens with zero attached hydrogens (tertiary/aromatic N) is 7. The van der Waals surface area contributed by atoms with Crippen molar-refractivity contribution in [2.45, 2.75) is 44.2 Å². The lowest BCUT2D eigenvalue weighted by molar-refractivity contribution is 0.0815. The first-order valence-electron chi connectivity index (χ1n) is 14.8. The van der Waals surface area contributed by atoms with Crippen molar-refractivity contribution in [1.82, 2.24) is 29.5 Å². The molecule has 2 N–H and O–H groups in total. The number of ether oxygens (including phenoxy) is 1. The van der Waals surface area contributed by atoms with Crippen LogP contribution < -0.4 is 10.6 Å². The molecule has 1 aliphatic carbocycles. The van der Waals surface area contributed by atoms with Gasteiger partial charge in [0.25, 0.3) is 0 Å². The van der Waals surface area contributed by atoms with Crippen molar-refractivity contribution in [2.24, 2.45) is 0 Å². The summed E-state index contributed by atoms with van der Waals surface area (Å²) in [7, 11) is 2.22. The second-order valence-electron chi connectivity index (χ2n) is 11.6. The average Bonchev–Trinajstić information content (AvgIpc) is 3.64. The van der Waals surface area contributed by atoms with Gasteiger partial charge in [-0.25, -0.2) is 14.6 Å². The van der Waals surface area contributed by atoms with E-state index in [4.69, 9.17) is 15.6 Å². The minimum Gasteiger partial charge on any atom is -0.475 e. The van der Waals surface area contributed by atoms with Crippen molar-refractivity contribution in [2.75, 3.05) is 50.6 Å². The summed E-state index contributed by atoms with van der Waals surface area (Å²) < 4.78 is 8.10. The Labute approximate surface area is 241 Å². The summed E-state index contributed by atoms with van der Waals surface area (Å²) in [6.45, 7) is 5.19. The Hall–Kier alpha value is -3.95. The highest BCUT2D eigenvalue weighted by molar-refractivity contribution is 5.98. The van der Waals surface area contributed by atoms with Gasteiger partial charge in [-0.3, -0.25) is 4.90 Å². The zero-order valence-electron chi connectivity index (χ0n) is 23.7. The van der Waals surface area contributed by atoms with Gasteiger partial charge in [0.15, 0.2) is 12.4 Å². The summed E-state index contributed by atoms with van der Waals surface area (Å²) in [4.78, 5) is 16.2. The molecule has 0 atom stereocenters. The van der Waals surface area contributed by atoms with Crippen LogP contribution >= 0.6 is 0 Å². The van der Waals surface area contributed by atoms with Gasteiger partial charge in [-0.2, -0.15) is 5.10 Å². The van der Waals surface area contributed by atoms with E-state index < -0.39 is 0 Å². The van der Waals surface area contributed by atoms with Gasteiger partial charge in [-0.15, -0.1) is 0 Å². The predicted octanol–water partition coefficient (Wildman–Crippen LogP) is 4.68. The number of allylic oxidation sites excluding steroid dienone is 1. The number of anilines is 2. The van der Waals surface area contributed by atoms with Crippen LogP contribution in [0.15, 0.2) is 72.9 Å². The molecule has 7 rings (SSSR count). The highest BCUT2D eigenvalue weighted by Gasteiger charge is 2.30. The van der Waals surface area contributed by atoms with E-state index in [9.17, 15) is 0 Å². The molecular weight excluding hydrogens is 512 g/mol. The van der Waals surface area contributed by atoms with E-state index in [-0.39, 0.29) is 0 Å². The predicted molar refractivity (Wildman–Crippen MR) is 162 cm³/mol. The number of likely N-dealkylation sites (N-methyl/N-ethyl adjacent to an activating group) is 1. The van der Waals surface area contributed by atoms with Crippen molar-refractivity contribution in [3.63, 3.8) is 0 Å². The quantitative estimate of drug-likeness (QED) is 0.370. The Morgan fingerprint density at radius 1 is 0.878 bits per heavy atom. The Morgan fingerprint density at radius 2 is 1.61 bits per heavy atom. The fourth-order valence-corrected chi connectivity index (χ4v) is 6.56. The van der Waals surface area contributed by atoms with Crippen LogP contribution in [0.4, 0.5) is 11.5 Å². The third kappa shape index (κ3) is 5.27. The highest BCUT2D eigenvalue weighted by atomic mass is 16.5.